The van der Waals surface area contributed by atoms with E-state index in [4.69, 9.17) is 15.4 Å². The van der Waals surface area contributed by atoms with Crippen LogP contribution in [-0.2, 0) is 9.59 Å². The molecule has 30 heavy (non-hydrogen) atoms. The minimum atomic E-state index is -0.785. The van der Waals surface area contributed by atoms with Crippen LogP contribution in [-0.4, -0.2) is 29.5 Å². The third-order valence-electron chi connectivity index (χ3n) is 4.43. The van der Waals surface area contributed by atoms with E-state index < -0.39 is 17.8 Å². The summed E-state index contributed by atoms with van der Waals surface area (Å²) in [6, 6.07) is 4.34. The molecule has 9 heteroatoms. The Hall–Kier alpha value is -3.06. The van der Waals surface area contributed by atoms with Gasteiger partial charge in [-0.05, 0) is 43.0 Å². The first-order valence-corrected chi connectivity index (χ1v) is 10.4. The highest BCUT2D eigenvalue weighted by Gasteiger charge is 2.16. The summed E-state index contributed by atoms with van der Waals surface area (Å²) in [6.45, 7) is 2.48. The van der Waals surface area contributed by atoms with Crippen LogP contribution in [0.4, 0.5) is 5.69 Å². The summed E-state index contributed by atoms with van der Waals surface area (Å²) >= 11 is 0. The molecule has 0 fully saturated rings. The maximum absolute atomic E-state index is 12.6. The van der Waals surface area contributed by atoms with Gasteiger partial charge in [-0.1, -0.05) is 44.1 Å². The van der Waals surface area contributed by atoms with Gasteiger partial charge in [0.1, 0.15) is 5.75 Å². The van der Waals surface area contributed by atoms with E-state index in [2.05, 4.69) is 15.3 Å². The van der Waals surface area contributed by atoms with E-state index in [-0.39, 0.29) is 29.8 Å². The Balaban J connectivity index is 2.59. The smallest absolute Gasteiger partial charge is 0.311 e. The van der Waals surface area contributed by atoms with Crippen LogP contribution < -0.4 is 10.1 Å². The number of azide groups is 1. The topological polar surface area (TPSA) is 141 Å². The molecule has 1 aromatic carbocycles. The Labute approximate surface area is 176 Å². The number of hydrogen-bond donors (Lipinski definition) is 2. The Morgan fingerprint density at radius 1 is 1.07 bits per heavy atom. The van der Waals surface area contributed by atoms with Crippen molar-refractivity contribution in [3.05, 3.63) is 34.2 Å². The summed E-state index contributed by atoms with van der Waals surface area (Å²) in [5, 5.41) is 14.9. The monoisotopic (exact) mass is 418 g/mol. The lowest BCUT2D eigenvalue weighted by Gasteiger charge is -2.11. The predicted octanol–water partition coefficient (Wildman–Crippen LogP) is 5.27. The molecule has 1 amide bonds. The maximum Gasteiger partial charge on any atom is 0.311 e. The summed E-state index contributed by atoms with van der Waals surface area (Å²) in [5.74, 6) is -1.46. The van der Waals surface area contributed by atoms with Gasteiger partial charge in [0.05, 0.1) is 5.56 Å². The first-order chi connectivity index (χ1) is 14.5. The van der Waals surface area contributed by atoms with Gasteiger partial charge in [-0.15, -0.1) is 0 Å². The number of carboxylic acid groups (broad SMARTS) is 1. The number of benzene rings is 1. The van der Waals surface area contributed by atoms with Crippen LogP contribution in [0, 0.1) is 0 Å². The number of hydrogen-bond acceptors (Lipinski definition) is 5. The number of esters is 1. The molecule has 2 N–H and O–H groups in total. The number of unbranched alkanes of at least 4 members (excludes halogenated alkanes) is 6. The average molecular weight is 418 g/mol. The number of nitrogens with one attached hydrogen (secondary N) is 1. The Kier molecular flexibility index (Phi) is 12.4. The molecular weight excluding hydrogens is 388 g/mol. The molecular formula is C21H30N4O5. The van der Waals surface area contributed by atoms with Gasteiger partial charge in [0.15, 0.2) is 0 Å². The Morgan fingerprint density at radius 3 is 2.47 bits per heavy atom. The van der Waals surface area contributed by atoms with Crippen LogP contribution >= 0.6 is 0 Å². The number of ether oxygens (including phenoxy) is 1. The molecule has 0 aliphatic rings. The largest absolute Gasteiger partial charge is 0.481 e. The molecule has 0 spiro atoms. The second-order valence-electron chi connectivity index (χ2n) is 6.97. The number of carboxylic acids is 1. The summed E-state index contributed by atoms with van der Waals surface area (Å²) in [4.78, 5) is 37.8. The SMILES string of the molecule is CCCCCC(=O)Oc1ccc(N=[N+]=[N-])cc1C(=O)NCCCCCCCC(=O)O. The zero-order valence-corrected chi connectivity index (χ0v) is 17.4. The zero-order valence-electron chi connectivity index (χ0n) is 17.4. The molecule has 0 aliphatic heterocycles. The highest BCUT2D eigenvalue weighted by Crippen LogP contribution is 2.25. The van der Waals surface area contributed by atoms with Crippen LogP contribution in [0.3, 0.4) is 0 Å². The van der Waals surface area contributed by atoms with Gasteiger partial charge in [0.25, 0.3) is 5.91 Å². The Bertz CT molecular complexity index is 760. The molecule has 0 saturated carbocycles. The predicted molar refractivity (Wildman–Crippen MR) is 113 cm³/mol. The summed E-state index contributed by atoms with van der Waals surface area (Å²) < 4.78 is 5.35. The van der Waals surface area contributed by atoms with Gasteiger partial charge in [-0.3, -0.25) is 14.4 Å². The van der Waals surface area contributed by atoms with E-state index >= 15 is 0 Å². The minimum absolute atomic E-state index is 0.138. The fourth-order valence-corrected chi connectivity index (χ4v) is 2.82. The molecule has 1 rings (SSSR count). The molecule has 0 aliphatic carbocycles. The van der Waals surface area contributed by atoms with E-state index in [1.54, 1.807) is 0 Å². The van der Waals surface area contributed by atoms with E-state index in [1.165, 1.54) is 18.2 Å². The van der Waals surface area contributed by atoms with Crippen LogP contribution in [0.2, 0.25) is 0 Å². The minimum Gasteiger partial charge on any atom is -0.481 e. The van der Waals surface area contributed by atoms with Crippen molar-refractivity contribution in [1.82, 2.24) is 5.32 Å². The van der Waals surface area contributed by atoms with Gasteiger partial charge in [-0.25, -0.2) is 0 Å². The van der Waals surface area contributed by atoms with Crippen LogP contribution in [0.25, 0.3) is 10.4 Å². The molecule has 0 saturated heterocycles. The first-order valence-electron chi connectivity index (χ1n) is 10.4. The fraction of sp³-hybridized carbons (Fsp3) is 0.571. The van der Waals surface area contributed by atoms with Gasteiger partial charge in [-0.2, -0.15) is 0 Å². The van der Waals surface area contributed by atoms with E-state index in [0.717, 1.165) is 44.9 Å². The highest BCUT2D eigenvalue weighted by molar-refractivity contribution is 5.98. The Morgan fingerprint density at radius 2 is 1.77 bits per heavy atom. The molecule has 0 heterocycles. The van der Waals surface area contributed by atoms with Crippen molar-refractivity contribution in [3.8, 4) is 5.75 Å². The number of amides is 1. The standard InChI is InChI=1S/C21H30N4O5/c1-2-3-7-11-20(28)30-18-13-12-16(24-25-22)15-17(18)21(29)23-14-9-6-4-5-8-10-19(26)27/h12-13,15H,2-11,14H2,1H3,(H,23,29)(H,26,27). The summed E-state index contributed by atoms with van der Waals surface area (Å²) in [5.41, 5.74) is 9.02. The number of rotatable bonds is 15. The number of aliphatic carboxylic acids is 1. The maximum atomic E-state index is 12.6. The van der Waals surface area contributed by atoms with Crippen molar-refractivity contribution in [2.24, 2.45) is 5.11 Å². The third-order valence-corrected chi connectivity index (χ3v) is 4.43. The van der Waals surface area contributed by atoms with Gasteiger partial charge >= 0.3 is 11.9 Å². The lowest BCUT2D eigenvalue weighted by Crippen LogP contribution is -2.25. The lowest BCUT2D eigenvalue weighted by molar-refractivity contribution is -0.137. The third kappa shape index (κ3) is 10.5. The van der Waals surface area contributed by atoms with Crippen molar-refractivity contribution < 1.29 is 24.2 Å². The van der Waals surface area contributed by atoms with Crippen molar-refractivity contribution >= 4 is 23.5 Å². The molecule has 0 radical (unpaired) electrons. The molecule has 0 aromatic heterocycles. The number of carbonyl (C=O) groups excluding carboxylic acids is 2. The van der Waals surface area contributed by atoms with Gasteiger partial charge in [0.2, 0.25) is 0 Å². The zero-order chi connectivity index (χ0) is 22.2. The molecule has 0 atom stereocenters. The van der Waals surface area contributed by atoms with Gasteiger partial charge in [0, 0.05) is 30.0 Å². The second kappa shape index (κ2) is 14.9. The number of carbonyl (C=O) groups is 3. The van der Waals surface area contributed by atoms with E-state index in [9.17, 15) is 14.4 Å². The van der Waals surface area contributed by atoms with Crippen molar-refractivity contribution in [3.63, 3.8) is 0 Å². The van der Waals surface area contributed by atoms with E-state index in [0.29, 0.717) is 13.0 Å². The quantitative estimate of drug-likeness (QED) is 0.0996. The lowest BCUT2D eigenvalue weighted by atomic mass is 10.1. The summed E-state index contributed by atoms with van der Waals surface area (Å²) in [7, 11) is 0. The van der Waals surface area contributed by atoms with Gasteiger partial charge < -0.3 is 15.2 Å². The van der Waals surface area contributed by atoms with Crippen molar-refractivity contribution in [1.29, 1.82) is 0 Å². The molecule has 9 nitrogen and oxygen atoms in total. The van der Waals surface area contributed by atoms with Crippen molar-refractivity contribution in [2.75, 3.05) is 6.54 Å². The van der Waals surface area contributed by atoms with Crippen LogP contribution in [0.5, 0.6) is 5.75 Å². The van der Waals surface area contributed by atoms with Crippen LogP contribution in [0.1, 0.15) is 81.5 Å². The summed E-state index contributed by atoms with van der Waals surface area (Å²) in [6.07, 6.45) is 7.10. The fourth-order valence-electron chi connectivity index (χ4n) is 2.82. The molecule has 1 aromatic rings. The van der Waals surface area contributed by atoms with Crippen LogP contribution in [0.15, 0.2) is 23.3 Å². The normalized spacial score (nSPS) is 10.2. The highest BCUT2D eigenvalue weighted by atomic mass is 16.5. The van der Waals surface area contributed by atoms with Crippen molar-refractivity contribution in [2.45, 2.75) is 71.1 Å². The number of nitrogens with zero attached hydrogens (tertiary/aromatic N) is 3. The second-order valence-corrected chi connectivity index (χ2v) is 6.97. The molecule has 164 valence electrons. The molecule has 0 unspecified atom stereocenters. The van der Waals surface area contributed by atoms with E-state index in [1.807, 2.05) is 6.92 Å². The first kappa shape index (κ1) is 25.0. The average Bonchev–Trinajstić information content (AvgIpc) is 2.71. The molecule has 0 bridgehead atoms.